The van der Waals surface area contributed by atoms with Crippen molar-refractivity contribution in [2.75, 3.05) is 6.61 Å². The summed E-state index contributed by atoms with van der Waals surface area (Å²) in [5, 5.41) is 0. The van der Waals surface area contributed by atoms with E-state index in [9.17, 15) is 4.79 Å². The number of esters is 1. The monoisotopic (exact) mass is 320 g/mol. The predicted octanol–water partition coefficient (Wildman–Crippen LogP) is 6.11. The molecule has 0 spiro atoms. The van der Waals surface area contributed by atoms with E-state index in [-0.39, 0.29) is 5.97 Å². The van der Waals surface area contributed by atoms with Gasteiger partial charge in [-0.3, -0.25) is 4.79 Å². The SMILES string of the molecule is CCC.CCCCCCCCc1ccc(CCOC(C)=O)cc1. The largest absolute Gasteiger partial charge is 0.466 e. The molecule has 1 aromatic carbocycles. The average Bonchev–Trinajstić information content (AvgIpc) is 2.52. The lowest BCUT2D eigenvalue weighted by atomic mass is 10.0. The van der Waals surface area contributed by atoms with Crippen molar-refractivity contribution in [2.24, 2.45) is 0 Å². The summed E-state index contributed by atoms with van der Waals surface area (Å²) in [5.41, 5.74) is 2.65. The maximum atomic E-state index is 10.7. The number of carbonyl (C=O) groups excluding carboxylic acids is 1. The summed E-state index contributed by atoms with van der Waals surface area (Å²) >= 11 is 0. The van der Waals surface area contributed by atoms with E-state index in [1.165, 1.54) is 69.4 Å². The molecule has 1 rings (SSSR count). The van der Waals surface area contributed by atoms with Gasteiger partial charge in [-0.2, -0.15) is 0 Å². The van der Waals surface area contributed by atoms with Gasteiger partial charge in [-0.25, -0.2) is 0 Å². The molecule has 0 heterocycles. The first-order valence-corrected chi connectivity index (χ1v) is 9.35. The summed E-state index contributed by atoms with van der Waals surface area (Å²) in [7, 11) is 0. The Kier molecular flexibility index (Phi) is 14.7. The number of benzene rings is 1. The molecule has 0 amide bonds. The maximum Gasteiger partial charge on any atom is 0.302 e. The minimum atomic E-state index is -0.204. The fourth-order valence-corrected chi connectivity index (χ4v) is 2.29. The first kappa shape index (κ1) is 21.7. The Bertz CT molecular complexity index is 381. The summed E-state index contributed by atoms with van der Waals surface area (Å²) in [4.78, 5) is 10.7. The Balaban J connectivity index is 0.00000149. The molecular weight excluding hydrogens is 284 g/mol. The van der Waals surface area contributed by atoms with E-state index in [4.69, 9.17) is 4.74 Å². The van der Waals surface area contributed by atoms with Crippen LogP contribution in [0, 0.1) is 0 Å². The van der Waals surface area contributed by atoms with Gasteiger partial charge in [0.2, 0.25) is 0 Å². The van der Waals surface area contributed by atoms with Crippen LogP contribution in [0.2, 0.25) is 0 Å². The number of hydrogen-bond donors (Lipinski definition) is 0. The van der Waals surface area contributed by atoms with Crippen LogP contribution in [0.3, 0.4) is 0 Å². The molecule has 132 valence electrons. The van der Waals surface area contributed by atoms with Crippen LogP contribution in [0.1, 0.15) is 83.8 Å². The van der Waals surface area contributed by atoms with E-state index < -0.39 is 0 Å². The summed E-state index contributed by atoms with van der Waals surface area (Å²) in [6, 6.07) is 8.70. The molecule has 0 aliphatic carbocycles. The first-order chi connectivity index (χ1) is 11.1. The zero-order valence-electron chi connectivity index (χ0n) is 15.7. The van der Waals surface area contributed by atoms with Gasteiger partial charge in [0.15, 0.2) is 0 Å². The fourth-order valence-electron chi connectivity index (χ4n) is 2.29. The highest BCUT2D eigenvalue weighted by atomic mass is 16.5. The second kappa shape index (κ2) is 15.6. The van der Waals surface area contributed by atoms with Crippen molar-refractivity contribution in [1.82, 2.24) is 0 Å². The minimum absolute atomic E-state index is 0.204. The molecule has 0 aliphatic heterocycles. The van der Waals surface area contributed by atoms with Crippen molar-refractivity contribution >= 4 is 5.97 Å². The molecule has 0 saturated heterocycles. The standard InChI is InChI=1S/C18H28O2.C3H8/c1-3-4-5-6-7-8-9-17-10-12-18(13-11-17)14-15-20-16(2)19;1-3-2/h10-13H,3-9,14-15H2,1-2H3;3H2,1-2H3. The van der Waals surface area contributed by atoms with E-state index in [0.29, 0.717) is 6.61 Å². The van der Waals surface area contributed by atoms with E-state index in [1.807, 2.05) is 0 Å². The highest BCUT2D eigenvalue weighted by molar-refractivity contribution is 5.65. The van der Waals surface area contributed by atoms with Gasteiger partial charge < -0.3 is 4.74 Å². The van der Waals surface area contributed by atoms with E-state index in [0.717, 1.165) is 6.42 Å². The van der Waals surface area contributed by atoms with Gasteiger partial charge >= 0.3 is 5.97 Å². The van der Waals surface area contributed by atoms with Gasteiger partial charge in [0.1, 0.15) is 0 Å². The average molecular weight is 321 g/mol. The number of aryl methyl sites for hydroxylation is 1. The van der Waals surface area contributed by atoms with Crippen LogP contribution < -0.4 is 0 Å². The molecule has 0 saturated carbocycles. The predicted molar refractivity (Wildman–Crippen MR) is 99.8 cm³/mol. The van der Waals surface area contributed by atoms with Gasteiger partial charge in [0.25, 0.3) is 0 Å². The van der Waals surface area contributed by atoms with Gasteiger partial charge in [-0.1, -0.05) is 83.6 Å². The van der Waals surface area contributed by atoms with Crippen molar-refractivity contribution in [1.29, 1.82) is 0 Å². The molecule has 0 unspecified atom stereocenters. The van der Waals surface area contributed by atoms with E-state index >= 15 is 0 Å². The molecule has 0 aliphatic rings. The summed E-state index contributed by atoms with van der Waals surface area (Å²) in [6.07, 6.45) is 11.3. The minimum Gasteiger partial charge on any atom is -0.466 e. The number of rotatable bonds is 10. The molecule has 0 bridgehead atoms. The van der Waals surface area contributed by atoms with Gasteiger partial charge in [-0.05, 0) is 24.0 Å². The number of carbonyl (C=O) groups is 1. The van der Waals surface area contributed by atoms with Crippen LogP contribution >= 0.6 is 0 Å². The summed E-state index contributed by atoms with van der Waals surface area (Å²) in [6.45, 7) is 8.43. The Morgan fingerprint density at radius 2 is 1.30 bits per heavy atom. The molecule has 0 atom stereocenters. The Hall–Kier alpha value is -1.31. The molecule has 0 N–H and O–H groups in total. The smallest absolute Gasteiger partial charge is 0.302 e. The molecule has 1 aromatic rings. The quantitative estimate of drug-likeness (QED) is 0.384. The number of hydrogen-bond acceptors (Lipinski definition) is 2. The second-order valence-electron chi connectivity index (χ2n) is 6.13. The molecular formula is C21H36O2. The van der Waals surface area contributed by atoms with Crippen LogP contribution in [-0.2, 0) is 22.4 Å². The zero-order chi connectivity index (χ0) is 17.3. The van der Waals surface area contributed by atoms with Crippen molar-refractivity contribution in [3.8, 4) is 0 Å². The van der Waals surface area contributed by atoms with Gasteiger partial charge in [0, 0.05) is 13.3 Å². The van der Waals surface area contributed by atoms with Crippen LogP contribution in [0.15, 0.2) is 24.3 Å². The highest BCUT2D eigenvalue weighted by Crippen LogP contribution is 2.11. The Morgan fingerprint density at radius 3 is 1.83 bits per heavy atom. The molecule has 0 aromatic heterocycles. The summed E-state index contributed by atoms with van der Waals surface area (Å²) in [5.74, 6) is -0.204. The lowest BCUT2D eigenvalue weighted by molar-refractivity contribution is -0.140. The number of ether oxygens (including phenoxy) is 1. The molecule has 0 fully saturated rings. The van der Waals surface area contributed by atoms with E-state index in [1.54, 1.807) is 0 Å². The topological polar surface area (TPSA) is 26.3 Å². The van der Waals surface area contributed by atoms with Crippen molar-refractivity contribution < 1.29 is 9.53 Å². The molecule has 0 radical (unpaired) electrons. The van der Waals surface area contributed by atoms with Crippen LogP contribution in [-0.4, -0.2) is 12.6 Å². The van der Waals surface area contributed by atoms with Crippen LogP contribution in [0.25, 0.3) is 0 Å². The number of unbranched alkanes of at least 4 members (excludes halogenated alkanes) is 5. The third kappa shape index (κ3) is 14.0. The molecule has 23 heavy (non-hydrogen) atoms. The second-order valence-corrected chi connectivity index (χ2v) is 6.13. The highest BCUT2D eigenvalue weighted by Gasteiger charge is 1.98. The summed E-state index contributed by atoms with van der Waals surface area (Å²) < 4.78 is 4.95. The van der Waals surface area contributed by atoms with Crippen LogP contribution in [0.5, 0.6) is 0 Å². The van der Waals surface area contributed by atoms with Crippen molar-refractivity contribution in [2.45, 2.75) is 85.5 Å². The van der Waals surface area contributed by atoms with Gasteiger partial charge in [-0.15, -0.1) is 0 Å². The zero-order valence-corrected chi connectivity index (χ0v) is 15.7. The normalized spacial score (nSPS) is 9.91. The Morgan fingerprint density at radius 1 is 0.826 bits per heavy atom. The third-order valence-electron chi connectivity index (χ3n) is 3.54. The van der Waals surface area contributed by atoms with Crippen molar-refractivity contribution in [3.63, 3.8) is 0 Å². The van der Waals surface area contributed by atoms with E-state index in [2.05, 4.69) is 45.0 Å². The third-order valence-corrected chi connectivity index (χ3v) is 3.54. The van der Waals surface area contributed by atoms with Crippen LogP contribution in [0.4, 0.5) is 0 Å². The van der Waals surface area contributed by atoms with Crippen molar-refractivity contribution in [3.05, 3.63) is 35.4 Å². The Labute approximate surface area is 143 Å². The molecule has 2 heteroatoms. The molecule has 2 nitrogen and oxygen atoms in total. The lowest BCUT2D eigenvalue weighted by Crippen LogP contribution is -2.03. The lowest BCUT2D eigenvalue weighted by Gasteiger charge is -2.05. The maximum absolute atomic E-state index is 10.7. The first-order valence-electron chi connectivity index (χ1n) is 9.35. The fraction of sp³-hybridized carbons (Fsp3) is 0.667. The van der Waals surface area contributed by atoms with Gasteiger partial charge in [0.05, 0.1) is 6.61 Å².